The molecule has 1 amide bonds. The quantitative estimate of drug-likeness (QED) is 0.869. The topological polar surface area (TPSA) is 96.5 Å². The molecule has 6 nitrogen and oxygen atoms in total. The Morgan fingerprint density at radius 1 is 1.52 bits per heavy atom. The lowest BCUT2D eigenvalue weighted by Gasteiger charge is -2.27. The van der Waals surface area contributed by atoms with Crippen molar-refractivity contribution in [2.45, 2.75) is 19.0 Å². The molecule has 2 heterocycles. The molecule has 116 valence electrons. The van der Waals surface area contributed by atoms with Gasteiger partial charge in [0.05, 0.1) is 12.1 Å². The summed E-state index contributed by atoms with van der Waals surface area (Å²) in [6.07, 6.45) is -5.74. The molecule has 1 aliphatic heterocycles. The Morgan fingerprint density at radius 2 is 2.19 bits per heavy atom. The molecule has 1 fully saturated rings. The lowest BCUT2D eigenvalue weighted by molar-refractivity contribution is -0.227. The van der Waals surface area contributed by atoms with Gasteiger partial charge in [0.25, 0.3) is 0 Å². The molecule has 1 atom stereocenters. The minimum Gasteiger partial charge on any atom is -0.481 e. The zero-order valence-corrected chi connectivity index (χ0v) is 11.5. The Labute approximate surface area is 121 Å². The molecule has 0 aliphatic carbocycles. The van der Waals surface area contributed by atoms with Gasteiger partial charge in [-0.3, -0.25) is 9.59 Å². The number of amides is 1. The number of aliphatic carboxylic acids is 1. The van der Waals surface area contributed by atoms with E-state index in [-0.39, 0.29) is 18.1 Å². The molecular formula is C11H12F3N3O3S. The number of thiazole rings is 1. The van der Waals surface area contributed by atoms with E-state index in [2.05, 4.69) is 4.98 Å². The van der Waals surface area contributed by atoms with Crippen LogP contribution in [0.15, 0.2) is 5.38 Å². The van der Waals surface area contributed by atoms with Crippen molar-refractivity contribution >= 4 is 28.3 Å². The Balaban J connectivity index is 2.10. The summed E-state index contributed by atoms with van der Waals surface area (Å²) in [5, 5.41) is 10.7. The number of nitrogens with two attached hydrogens (primary N) is 1. The number of aromatic nitrogens is 1. The number of alkyl halides is 3. The number of hydrogen-bond donors (Lipinski definition) is 2. The normalized spacial score (nSPS) is 22.5. The van der Waals surface area contributed by atoms with Gasteiger partial charge in [-0.25, -0.2) is 4.98 Å². The fourth-order valence-corrected chi connectivity index (χ4v) is 2.78. The van der Waals surface area contributed by atoms with Crippen molar-refractivity contribution in [2.75, 3.05) is 18.8 Å². The summed E-state index contributed by atoms with van der Waals surface area (Å²) in [6.45, 7) is -1.12. The summed E-state index contributed by atoms with van der Waals surface area (Å²) >= 11 is 1.12. The summed E-state index contributed by atoms with van der Waals surface area (Å²) in [5.74, 6) is -2.55. The molecule has 1 aliphatic rings. The van der Waals surface area contributed by atoms with Crippen molar-refractivity contribution < 1.29 is 27.9 Å². The van der Waals surface area contributed by atoms with Gasteiger partial charge in [-0.2, -0.15) is 13.2 Å². The van der Waals surface area contributed by atoms with Crippen molar-refractivity contribution in [2.24, 2.45) is 5.41 Å². The second kappa shape index (κ2) is 5.17. The smallest absolute Gasteiger partial charge is 0.406 e. The van der Waals surface area contributed by atoms with E-state index in [1.807, 2.05) is 0 Å². The molecule has 21 heavy (non-hydrogen) atoms. The van der Waals surface area contributed by atoms with Gasteiger partial charge in [0, 0.05) is 18.5 Å². The van der Waals surface area contributed by atoms with Crippen molar-refractivity contribution in [3.8, 4) is 0 Å². The SMILES string of the molecule is Nc1nc(CC(=O)N2CCC(C(=O)O)(C(F)(F)F)C2)cs1. The van der Waals surface area contributed by atoms with Gasteiger partial charge in [-0.05, 0) is 6.42 Å². The maximum Gasteiger partial charge on any atom is 0.406 e. The summed E-state index contributed by atoms with van der Waals surface area (Å²) in [6, 6.07) is 0. The van der Waals surface area contributed by atoms with E-state index in [1.54, 1.807) is 0 Å². The first kappa shape index (κ1) is 15.5. The standard InChI is InChI=1S/C11H12F3N3O3S/c12-11(13,14)10(8(19)20)1-2-17(5-10)7(18)3-6-4-21-9(15)16-6/h4H,1-3,5H2,(H2,15,16)(H,19,20). The summed E-state index contributed by atoms with van der Waals surface area (Å²) in [7, 11) is 0. The highest BCUT2D eigenvalue weighted by molar-refractivity contribution is 7.13. The minimum atomic E-state index is -4.90. The average molecular weight is 323 g/mol. The second-order valence-corrected chi connectivity index (χ2v) is 5.69. The van der Waals surface area contributed by atoms with E-state index in [0.29, 0.717) is 5.69 Å². The highest BCUT2D eigenvalue weighted by atomic mass is 32.1. The summed E-state index contributed by atoms with van der Waals surface area (Å²) in [5.41, 5.74) is 2.88. The van der Waals surface area contributed by atoms with Crippen LogP contribution in [-0.2, 0) is 16.0 Å². The fraction of sp³-hybridized carbons (Fsp3) is 0.545. The third-order valence-corrected chi connectivity index (χ3v) is 4.20. The van der Waals surface area contributed by atoms with E-state index in [1.165, 1.54) is 5.38 Å². The first-order valence-electron chi connectivity index (χ1n) is 5.93. The number of carboxylic acid groups (broad SMARTS) is 1. The van der Waals surface area contributed by atoms with E-state index < -0.39 is 36.4 Å². The number of anilines is 1. The van der Waals surface area contributed by atoms with Crippen LogP contribution < -0.4 is 5.73 Å². The monoisotopic (exact) mass is 323 g/mol. The van der Waals surface area contributed by atoms with E-state index in [4.69, 9.17) is 10.8 Å². The molecule has 1 unspecified atom stereocenters. The molecule has 0 bridgehead atoms. The largest absolute Gasteiger partial charge is 0.481 e. The molecule has 0 aromatic carbocycles. The summed E-state index contributed by atoms with van der Waals surface area (Å²) < 4.78 is 39.0. The highest BCUT2D eigenvalue weighted by Crippen LogP contribution is 2.45. The van der Waals surface area contributed by atoms with Crippen molar-refractivity contribution in [1.29, 1.82) is 0 Å². The zero-order valence-electron chi connectivity index (χ0n) is 10.7. The van der Waals surface area contributed by atoms with Gasteiger partial charge in [-0.15, -0.1) is 11.3 Å². The second-order valence-electron chi connectivity index (χ2n) is 4.80. The number of carboxylic acids is 1. The number of likely N-dealkylation sites (tertiary alicyclic amines) is 1. The van der Waals surface area contributed by atoms with Crippen LogP contribution in [-0.4, -0.2) is 46.1 Å². The fourth-order valence-electron chi connectivity index (χ4n) is 2.22. The first-order valence-corrected chi connectivity index (χ1v) is 6.81. The lowest BCUT2D eigenvalue weighted by atomic mass is 9.86. The van der Waals surface area contributed by atoms with Gasteiger partial charge in [0.2, 0.25) is 5.91 Å². The van der Waals surface area contributed by atoms with Crippen LogP contribution in [0.25, 0.3) is 0 Å². The zero-order chi connectivity index (χ0) is 15.8. The number of hydrogen-bond acceptors (Lipinski definition) is 5. The van der Waals surface area contributed by atoms with Gasteiger partial charge >= 0.3 is 12.1 Å². The number of rotatable bonds is 3. The van der Waals surface area contributed by atoms with E-state index in [9.17, 15) is 22.8 Å². The number of carbonyl (C=O) groups is 2. The van der Waals surface area contributed by atoms with E-state index >= 15 is 0 Å². The third-order valence-electron chi connectivity index (χ3n) is 3.48. The molecular weight excluding hydrogens is 311 g/mol. The predicted octanol–water partition coefficient (Wildman–Crippen LogP) is 1.13. The van der Waals surface area contributed by atoms with Crippen molar-refractivity contribution in [1.82, 2.24) is 9.88 Å². The van der Waals surface area contributed by atoms with Crippen LogP contribution in [0.5, 0.6) is 0 Å². The van der Waals surface area contributed by atoms with Gasteiger partial charge < -0.3 is 15.7 Å². The van der Waals surface area contributed by atoms with Gasteiger partial charge in [0.15, 0.2) is 10.5 Å². The van der Waals surface area contributed by atoms with Gasteiger partial charge in [-0.1, -0.05) is 0 Å². The number of carbonyl (C=O) groups excluding carboxylic acids is 1. The minimum absolute atomic E-state index is 0.193. The van der Waals surface area contributed by atoms with Crippen LogP contribution in [0.4, 0.5) is 18.3 Å². The molecule has 1 saturated heterocycles. The van der Waals surface area contributed by atoms with Crippen LogP contribution in [0.3, 0.4) is 0 Å². The Bertz CT molecular complexity index is 575. The molecule has 0 saturated carbocycles. The molecule has 3 N–H and O–H groups in total. The van der Waals surface area contributed by atoms with E-state index in [0.717, 1.165) is 16.2 Å². The molecule has 2 rings (SSSR count). The maximum absolute atomic E-state index is 13.0. The van der Waals surface area contributed by atoms with Crippen LogP contribution in [0.1, 0.15) is 12.1 Å². The summed E-state index contributed by atoms with van der Waals surface area (Å²) in [4.78, 5) is 27.7. The average Bonchev–Trinajstić information content (AvgIpc) is 2.95. The Morgan fingerprint density at radius 3 is 2.62 bits per heavy atom. The van der Waals surface area contributed by atoms with Gasteiger partial charge in [0.1, 0.15) is 0 Å². The molecule has 10 heteroatoms. The number of nitrogens with zero attached hydrogens (tertiary/aromatic N) is 2. The maximum atomic E-state index is 13.0. The predicted molar refractivity (Wildman–Crippen MR) is 67.6 cm³/mol. The Hall–Kier alpha value is -1.84. The molecule has 0 spiro atoms. The molecule has 1 aromatic heterocycles. The third kappa shape index (κ3) is 2.80. The Kier molecular flexibility index (Phi) is 3.83. The number of halogens is 3. The number of nitrogen functional groups attached to an aromatic ring is 1. The molecule has 0 radical (unpaired) electrons. The van der Waals surface area contributed by atoms with Crippen molar-refractivity contribution in [3.05, 3.63) is 11.1 Å². The molecule has 1 aromatic rings. The van der Waals surface area contributed by atoms with Crippen LogP contribution in [0, 0.1) is 5.41 Å². The van der Waals surface area contributed by atoms with Crippen LogP contribution in [0.2, 0.25) is 0 Å². The first-order chi connectivity index (χ1) is 9.65. The highest BCUT2D eigenvalue weighted by Gasteiger charge is 2.64. The lowest BCUT2D eigenvalue weighted by Crippen LogP contribution is -2.47. The van der Waals surface area contributed by atoms with Crippen molar-refractivity contribution in [3.63, 3.8) is 0 Å². The van der Waals surface area contributed by atoms with Crippen LogP contribution >= 0.6 is 11.3 Å².